The number of nitrogens with zero attached hydrogens (tertiary/aromatic N) is 3. The minimum atomic E-state index is -0.839. The van der Waals surface area contributed by atoms with E-state index in [2.05, 4.69) is 10.4 Å². The summed E-state index contributed by atoms with van der Waals surface area (Å²) in [7, 11) is 1.51. The fraction of sp³-hybridized carbons (Fsp3) is 0.273. The first-order chi connectivity index (χ1) is 14.5. The van der Waals surface area contributed by atoms with Gasteiger partial charge >= 0.3 is 0 Å². The topological polar surface area (TPSA) is 93.5 Å². The van der Waals surface area contributed by atoms with Crippen molar-refractivity contribution in [3.05, 3.63) is 64.6 Å². The van der Waals surface area contributed by atoms with Gasteiger partial charge in [0.25, 0.3) is 17.4 Å². The number of amides is 2. The van der Waals surface area contributed by atoms with Crippen molar-refractivity contribution in [3.8, 4) is 5.75 Å². The van der Waals surface area contributed by atoms with Crippen LogP contribution in [0.1, 0.15) is 23.8 Å². The number of fused-ring (bicyclic) bond motifs is 2. The van der Waals surface area contributed by atoms with Gasteiger partial charge in [-0.15, -0.1) is 0 Å². The molecule has 0 unspecified atom stereocenters. The summed E-state index contributed by atoms with van der Waals surface area (Å²) in [4.78, 5) is 40.0. The minimum Gasteiger partial charge on any atom is -0.477 e. The second kappa shape index (κ2) is 7.98. The number of ether oxygens (including phenoxy) is 1. The van der Waals surface area contributed by atoms with Crippen LogP contribution in [0.25, 0.3) is 10.8 Å². The van der Waals surface area contributed by atoms with Gasteiger partial charge < -0.3 is 10.1 Å². The fourth-order valence-electron chi connectivity index (χ4n) is 3.51. The lowest BCUT2D eigenvalue weighted by molar-refractivity contribution is -0.127. The number of rotatable bonds is 4. The summed E-state index contributed by atoms with van der Waals surface area (Å²) < 4.78 is 7.02. The third-order valence-electron chi connectivity index (χ3n) is 5.02. The summed E-state index contributed by atoms with van der Waals surface area (Å²) in [6.45, 7) is 2.54. The largest absolute Gasteiger partial charge is 0.477 e. The molecule has 4 rings (SSSR count). The Bertz CT molecular complexity index is 1190. The second-order valence-electron chi connectivity index (χ2n) is 7.10. The zero-order valence-corrected chi connectivity index (χ0v) is 16.8. The van der Waals surface area contributed by atoms with Crippen LogP contribution >= 0.6 is 0 Å². The maximum absolute atomic E-state index is 13.6. The van der Waals surface area contributed by atoms with Crippen molar-refractivity contribution in [1.29, 1.82) is 0 Å². The maximum Gasteiger partial charge on any atom is 0.279 e. The molecule has 1 aromatic heterocycles. The fourth-order valence-corrected chi connectivity index (χ4v) is 3.51. The molecule has 8 heteroatoms. The monoisotopic (exact) mass is 406 g/mol. The molecule has 0 saturated heterocycles. The Labute approximate surface area is 173 Å². The van der Waals surface area contributed by atoms with Gasteiger partial charge in [0.05, 0.1) is 17.6 Å². The van der Waals surface area contributed by atoms with E-state index in [0.29, 0.717) is 28.8 Å². The number of benzene rings is 2. The molecule has 1 N–H and O–H groups in total. The number of para-hydroxylation sites is 2. The zero-order chi connectivity index (χ0) is 21.3. The van der Waals surface area contributed by atoms with Crippen LogP contribution in [0.2, 0.25) is 0 Å². The van der Waals surface area contributed by atoms with Gasteiger partial charge in [0, 0.05) is 19.0 Å². The van der Waals surface area contributed by atoms with Crippen molar-refractivity contribution in [2.45, 2.75) is 19.4 Å². The van der Waals surface area contributed by atoms with E-state index in [1.54, 1.807) is 48.5 Å². The summed E-state index contributed by atoms with van der Waals surface area (Å²) in [5.41, 5.74) is 0.431. The molecule has 2 amide bonds. The van der Waals surface area contributed by atoms with E-state index in [4.69, 9.17) is 4.74 Å². The molecular weight excluding hydrogens is 384 g/mol. The number of anilines is 1. The molecule has 2 aromatic carbocycles. The Hall–Kier alpha value is -3.68. The van der Waals surface area contributed by atoms with Crippen molar-refractivity contribution >= 4 is 28.3 Å². The molecule has 0 saturated carbocycles. The predicted molar refractivity (Wildman–Crippen MR) is 113 cm³/mol. The first-order valence-electron chi connectivity index (χ1n) is 9.82. The first-order valence-corrected chi connectivity index (χ1v) is 9.82. The molecule has 1 aliphatic rings. The molecule has 0 spiro atoms. The number of aromatic nitrogens is 2. The van der Waals surface area contributed by atoms with Crippen molar-refractivity contribution in [3.63, 3.8) is 0 Å². The van der Waals surface area contributed by atoms with Crippen LogP contribution in [-0.4, -0.2) is 40.8 Å². The Morgan fingerprint density at radius 1 is 1.13 bits per heavy atom. The first kappa shape index (κ1) is 19.6. The summed E-state index contributed by atoms with van der Waals surface area (Å²) in [6.07, 6.45) is -0.0414. The van der Waals surface area contributed by atoms with E-state index in [1.807, 2.05) is 6.92 Å². The van der Waals surface area contributed by atoms with Crippen LogP contribution in [-0.2, 0) is 11.8 Å². The Kier molecular flexibility index (Phi) is 5.22. The molecule has 154 valence electrons. The average molecular weight is 406 g/mol. The van der Waals surface area contributed by atoms with Crippen LogP contribution < -0.4 is 20.5 Å². The number of carbonyl (C=O) groups is 2. The van der Waals surface area contributed by atoms with Gasteiger partial charge in [-0.3, -0.25) is 19.3 Å². The van der Waals surface area contributed by atoms with Crippen molar-refractivity contribution in [2.75, 3.05) is 18.0 Å². The van der Waals surface area contributed by atoms with E-state index in [0.717, 1.165) is 11.1 Å². The highest BCUT2D eigenvalue weighted by atomic mass is 16.5. The predicted octanol–water partition coefficient (Wildman–Crippen LogP) is 1.87. The lowest BCUT2D eigenvalue weighted by Gasteiger charge is -2.34. The Morgan fingerprint density at radius 3 is 2.60 bits per heavy atom. The molecule has 0 radical (unpaired) electrons. The zero-order valence-electron chi connectivity index (χ0n) is 16.8. The van der Waals surface area contributed by atoms with Crippen LogP contribution in [0, 0.1) is 0 Å². The van der Waals surface area contributed by atoms with Crippen LogP contribution in [0.5, 0.6) is 5.75 Å². The molecule has 0 fully saturated rings. The third-order valence-corrected chi connectivity index (χ3v) is 5.02. The molecule has 2 heterocycles. The molecule has 1 aliphatic heterocycles. The number of carbonyl (C=O) groups excluding carboxylic acids is 2. The molecule has 0 aliphatic carbocycles. The van der Waals surface area contributed by atoms with Gasteiger partial charge in [0.2, 0.25) is 0 Å². The van der Waals surface area contributed by atoms with Crippen molar-refractivity contribution < 1.29 is 14.3 Å². The van der Waals surface area contributed by atoms with Gasteiger partial charge in [-0.2, -0.15) is 5.10 Å². The van der Waals surface area contributed by atoms with Gasteiger partial charge in [-0.1, -0.05) is 37.3 Å². The number of nitrogens with one attached hydrogen (secondary N) is 1. The summed E-state index contributed by atoms with van der Waals surface area (Å²) in [5, 5.41) is 7.94. The molecule has 0 bridgehead atoms. The highest BCUT2D eigenvalue weighted by Gasteiger charge is 2.35. The number of aryl methyl sites for hydroxylation is 1. The van der Waals surface area contributed by atoms with Crippen molar-refractivity contribution in [2.24, 2.45) is 7.05 Å². The van der Waals surface area contributed by atoms with Crippen LogP contribution in [0.4, 0.5) is 5.69 Å². The van der Waals surface area contributed by atoms with Crippen molar-refractivity contribution in [1.82, 2.24) is 15.1 Å². The normalized spacial score (nSPS) is 15.4. The number of hydrogen-bond donors (Lipinski definition) is 1. The highest BCUT2D eigenvalue weighted by Crippen LogP contribution is 2.34. The lowest BCUT2D eigenvalue weighted by atomic mass is 10.1. The summed E-state index contributed by atoms with van der Waals surface area (Å²) in [5.74, 6) is -0.226. The Balaban J connectivity index is 1.78. The van der Waals surface area contributed by atoms with E-state index in [9.17, 15) is 14.4 Å². The third kappa shape index (κ3) is 3.41. The molecule has 8 nitrogen and oxygen atoms in total. The highest BCUT2D eigenvalue weighted by molar-refractivity contribution is 6.13. The molecule has 1 atom stereocenters. The van der Waals surface area contributed by atoms with E-state index >= 15 is 0 Å². The second-order valence-corrected chi connectivity index (χ2v) is 7.10. The summed E-state index contributed by atoms with van der Waals surface area (Å²) in [6, 6.07) is 13.9. The standard InChI is InChI=1S/C22H22N4O4/c1-3-12-23-20(27)18-13-26(16-10-6-7-11-17(16)30-18)22(29)19-14-8-4-5-9-15(14)21(28)25(2)24-19/h4-11,18H,3,12-13H2,1-2H3,(H,23,27)/t18-/m1/s1. The van der Waals surface area contributed by atoms with Crippen LogP contribution in [0.15, 0.2) is 53.3 Å². The van der Waals surface area contributed by atoms with Gasteiger partial charge in [0.1, 0.15) is 5.75 Å². The van der Waals surface area contributed by atoms with E-state index in [1.165, 1.54) is 11.9 Å². The molecule has 3 aromatic rings. The average Bonchev–Trinajstić information content (AvgIpc) is 2.78. The SMILES string of the molecule is CCCNC(=O)[C@H]1CN(C(=O)c2nn(C)c(=O)c3ccccc23)c2ccccc2O1. The molecular formula is C22H22N4O4. The van der Waals surface area contributed by atoms with Gasteiger partial charge in [-0.25, -0.2) is 4.68 Å². The van der Waals surface area contributed by atoms with E-state index in [-0.39, 0.29) is 23.7 Å². The quantitative estimate of drug-likeness (QED) is 0.714. The summed E-state index contributed by atoms with van der Waals surface area (Å²) >= 11 is 0. The number of hydrogen-bond acceptors (Lipinski definition) is 5. The van der Waals surface area contributed by atoms with E-state index < -0.39 is 12.0 Å². The van der Waals surface area contributed by atoms with Gasteiger partial charge in [-0.05, 0) is 24.6 Å². The van der Waals surface area contributed by atoms with Crippen LogP contribution in [0.3, 0.4) is 0 Å². The molecule has 30 heavy (non-hydrogen) atoms. The Morgan fingerprint density at radius 2 is 1.83 bits per heavy atom. The minimum absolute atomic E-state index is 0.0459. The smallest absolute Gasteiger partial charge is 0.279 e. The van der Waals surface area contributed by atoms with Gasteiger partial charge in [0.15, 0.2) is 11.8 Å². The maximum atomic E-state index is 13.6. The lowest BCUT2D eigenvalue weighted by Crippen LogP contribution is -2.51.